The van der Waals surface area contributed by atoms with Crippen LogP contribution in [0.3, 0.4) is 0 Å². The van der Waals surface area contributed by atoms with Gasteiger partial charge in [0.05, 0.1) is 23.4 Å². The largest absolute Gasteiger partial charge is 0.395 e. The van der Waals surface area contributed by atoms with Crippen LogP contribution in [0.5, 0.6) is 0 Å². The minimum atomic E-state index is -3.42. The summed E-state index contributed by atoms with van der Waals surface area (Å²) in [7, 11) is -3.42. The van der Waals surface area contributed by atoms with Crippen LogP contribution in [0.25, 0.3) is 0 Å². The molecule has 0 saturated carbocycles. The number of hydrogen-bond donors (Lipinski definition) is 1. The van der Waals surface area contributed by atoms with Crippen LogP contribution >= 0.6 is 0 Å². The quantitative estimate of drug-likeness (QED) is 0.922. The van der Waals surface area contributed by atoms with E-state index in [-0.39, 0.29) is 18.7 Å². The molecule has 1 aliphatic heterocycles. The lowest BCUT2D eigenvalue weighted by Crippen LogP contribution is -2.58. The second kappa shape index (κ2) is 4.89. The van der Waals surface area contributed by atoms with Crippen molar-refractivity contribution in [3.63, 3.8) is 0 Å². The summed E-state index contributed by atoms with van der Waals surface area (Å²) in [5, 5.41) is 9.34. The lowest BCUT2D eigenvalue weighted by atomic mass is 9.91. The Morgan fingerprint density at radius 2 is 1.84 bits per heavy atom. The van der Waals surface area contributed by atoms with Gasteiger partial charge in [0.25, 0.3) is 0 Å². The van der Waals surface area contributed by atoms with Gasteiger partial charge in [-0.1, -0.05) is 30.3 Å². The van der Waals surface area contributed by atoms with Crippen molar-refractivity contribution in [3.8, 4) is 0 Å². The molecule has 1 aliphatic rings. The summed E-state index contributed by atoms with van der Waals surface area (Å²) in [6, 6.07) is 9.14. The predicted octanol–water partition coefficient (Wildman–Crippen LogP) is 1.92. The van der Waals surface area contributed by atoms with Crippen LogP contribution in [0.2, 0.25) is 0 Å². The van der Waals surface area contributed by atoms with Gasteiger partial charge in [-0.05, 0) is 32.8 Å². The number of benzene rings is 1. The Kier molecular flexibility index (Phi) is 3.73. The van der Waals surface area contributed by atoms with Gasteiger partial charge in [0, 0.05) is 0 Å². The minimum absolute atomic E-state index is 0.126. The van der Waals surface area contributed by atoms with Crippen molar-refractivity contribution in [1.29, 1.82) is 0 Å². The molecule has 0 bridgehead atoms. The summed E-state index contributed by atoms with van der Waals surface area (Å²) in [6.07, 6.45) is 0.676. The van der Waals surface area contributed by atoms with Gasteiger partial charge in [-0.25, -0.2) is 8.42 Å². The van der Waals surface area contributed by atoms with Crippen molar-refractivity contribution in [2.75, 3.05) is 6.61 Å². The van der Waals surface area contributed by atoms with Crippen molar-refractivity contribution >= 4 is 10.0 Å². The average molecular weight is 283 g/mol. The van der Waals surface area contributed by atoms with E-state index in [1.54, 1.807) is 20.8 Å². The molecule has 0 spiro atoms. The van der Waals surface area contributed by atoms with Crippen molar-refractivity contribution in [1.82, 2.24) is 4.31 Å². The average Bonchev–Trinajstić information content (AvgIpc) is 2.27. The topological polar surface area (TPSA) is 57.6 Å². The summed E-state index contributed by atoms with van der Waals surface area (Å²) in [4.78, 5) is 0. The smallest absolute Gasteiger partial charge is 0.219 e. The maximum atomic E-state index is 12.6. The van der Waals surface area contributed by atoms with E-state index in [0.29, 0.717) is 6.42 Å². The van der Waals surface area contributed by atoms with E-state index in [1.807, 2.05) is 30.3 Å². The molecule has 2 rings (SSSR count). The summed E-state index contributed by atoms with van der Waals surface area (Å²) in [6.45, 7) is 4.95. The Labute approximate surface area is 115 Å². The molecule has 0 aromatic heterocycles. The Morgan fingerprint density at radius 1 is 1.26 bits per heavy atom. The molecule has 19 heavy (non-hydrogen) atoms. The van der Waals surface area contributed by atoms with Crippen LogP contribution in [-0.2, 0) is 10.0 Å². The molecule has 4 nitrogen and oxygen atoms in total. The molecular weight excluding hydrogens is 262 g/mol. The first kappa shape index (κ1) is 14.5. The third-order valence-corrected chi connectivity index (χ3v) is 6.26. The lowest BCUT2D eigenvalue weighted by Gasteiger charge is -2.49. The van der Waals surface area contributed by atoms with E-state index in [4.69, 9.17) is 0 Å². The van der Waals surface area contributed by atoms with E-state index in [2.05, 4.69) is 0 Å². The van der Waals surface area contributed by atoms with E-state index in [0.717, 1.165) is 5.56 Å². The Hall–Kier alpha value is -0.910. The number of aliphatic hydroxyl groups is 1. The predicted molar refractivity (Wildman–Crippen MR) is 75.2 cm³/mol. The fourth-order valence-electron chi connectivity index (χ4n) is 2.38. The van der Waals surface area contributed by atoms with Gasteiger partial charge in [0.15, 0.2) is 0 Å². The number of nitrogens with zero attached hydrogens (tertiary/aromatic N) is 1. The molecule has 1 aromatic rings. The van der Waals surface area contributed by atoms with Gasteiger partial charge in [0.2, 0.25) is 10.0 Å². The highest BCUT2D eigenvalue weighted by Gasteiger charge is 2.50. The van der Waals surface area contributed by atoms with Crippen LogP contribution in [-0.4, -0.2) is 35.2 Å². The molecule has 106 valence electrons. The molecule has 1 fully saturated rings. The van der Waals surface area contributed by atoms with E-state index in [1.165, 1.54) is 4.31 Å². The molecule has 1 aromatic carbocycles. The Morgan fingerprint density at radius 3 is 2.32 bits per heavy atom. The molecule has 1 N–H and O–H groups in total. The molecular formula is C14H21NO3S. The number of aliphatic hydroxyl groups excluding tert-OH is 1. The van der Waals surface area contributed by atoms with E-state index < -0.39 is 14.8 Å². The summed E-state index contributed by atoms with van der Waals surface area (Å²) < 4.78 is 25.8. The van der Waals surface area contributed by atoms with Crippen LogP contribution in [0.4, 0.5) is 0 Å². The van der Waals surface area contributed by atoms with Gasteiger partial charge in [-0.15, -0.1) is 0 Å². The van der Waals surface area contributed by atoms with E-state index >= 15 is 0 Å². The highest BCUT2D eigenvalue weighted by atomic mass is 32.2. The second-order valence-electron chi connectivity index (χ2n) is 5.95. The van der Waals surface area contributed by atoms with Gasteiger partial charge in [-0.2, -0.15) is 4.31 Å². The first-order chi connectivity index (χ1) is 8.79. The monoisotopic (exact) mass is 283 g/mol. The van der Waals surface area contributed by atoms with Crippen molar-refractivity contribution in [2.45, 2.75) is 44.0 Å². The molecule has 1 heterocycles. The highest BCUT2D eigenvalue weighted by molar-refractivity contribution is 7.90. The number of rotatable bonds is 3. The fraction of sp³-hybridized carbons (Fsp3) is 0.571. The van der Waals surface area contributed by atoms with Gasteiger partial charge >= 0.3 is 0 Å². The van der Waals surface area contributed by atoms with Crippen LogP contribution in [0.15, 0.2) is 30.3 Å². The normalized spacial score (nSPS) is 25.1. The third kappa shape index (κ3) is 2.42. The lowest BCUT2D eigenvalue weighted by molar-refractivity contribution is 0.0558. The Balaban J connectivity index is 2.35. The minimum Gasteiger partial charge on any atom is -0.395 e. The van der Waals surface area contributed by atoms with Gasteiger partial charge in [-0.3, -0.25) is 0 Å². The first-order valence-corrected chi connectivity index (χ1v) is 7.92. The molecule has 5 heteroatoms. The molecule has 0 unspecified atom stereocenters. The SMILES string of the molecule is CC(C)(C)S(=O)(=O)N1[C@H](CO)C[C@@H]1c1ccccc1. The molecule has 0 amide bonds. The highest BCUT2D eigenvalue weighted by Crippen LogP contribution is 2.43. The van der Waals surface area contributed by atoms with E-state index in [9.17, 15) is 13.5 Å². The summed E-state index contributed by atoms with van der Waals surface area (Å²) >= 11 is 0. The fourth-order valence-corrected chi connectivity index (χ4v) is 4.10. The first-order valence-electron chi connectivity index (χ1n) is 6.48. The number of sulfonamides is 1. The standard InChI is InChI=1S/C14H21NO3S/c1-14(2,3)19(17,18)15-12(10-16)9-13(15)11-7-5-4-6-8-11/h4-8,12-13,16H,9-10H2,1-3H3/t12-,13+/m0/s1. The molecule has 1 saturated heterocycles. The maximum Gasteiger partial charge on any atom is 0.219 e. The molecule has 0 radical (unpaired) electrons. The maximum absolute atomic E-state index is 12.6. The zero-order valence-electron chi connectivity index (χ0n) is 11.6. The van der Waals surface area contributed by atoms with Crippen molar-refractivity contribution in [3.05, 3.63) is 35.9 Å². The zero-order chi connectivity index (χ0) is 14.3. The Bertz CT molecular complexity index is 534. The van der Waals surface area contributed by atoms with Crippen LogP contribution in [0, 0.1) is 0 Å². The van der Waals surface area contributed by atoms with Crippen LogP contribution < -0.4 is 0 Å². The second-order valence-corrected chi connectivity index (χ2v) is 8.54. The summed E-state index contributed by atoms with van der Waals surface area (Å²) in [5.41, 5.74) is 0.986. The van der Waals surface area contributed by atoms with Gasteiger partial charge < -0.3 is 5.11 Å². The van der Waals surface area contributed by atoms with Gasteiger partial charge in [0.1, 0.15) is 0 Å². The molecule has 2 atom stereocenters. The van der Waals surface area contributed by atoms with Crippen molar-refractivity contribution < 1.29 is 13.5 Å². The zero-order valence-corrected chi connectivity index (χ0v) is 12.4. The molecule has 0 aliphatic carbocycles. The van der Waals surface area contributed by atoms with Crippen LogP contribution in [0.1, 0.15) is 38.8 Å². The summed E-state index contributed by atoms with van der Waals surface area (Å²) in [5.74, 6) is 0. The third-order valence-electron chi connectivity index (χ3n) is 3.61. The van der Waals surface area contributed by atoms with Crippen molar-refractivity contribution in [2.24, 2.45) is 0 Å². The number of hydrogen-bond acceptors (Lipinski definition) is 3.